The topological polar surface area (TPSA) is 102 Å². The molecular formula is C28H36N8O2+2. The molecule has 0 fully saturated rings. The number of aryl methyl sites for hydroxylation is 4. The molecule has 0 bridgehead atoms. The van der Waals surface area contributed by atoms with Crippen LogP contribution in [-0.2, 0) is 27.2 Å². The van der Waals surface area contributed by atoms with Crippen LogP contribution in [0.1, 0.15) is 46.4 Å². The summed E-state index contributed by atoms with van der Waals surface area (Å²) in [6.45, 7) is 3.03. The van der Waals surface area contributed by atoms with Crippen molar-refractivity contribution in [2.24, 2.45) is 14.1 Å². The Labute approximate surface area is 223 Å². The van der Waals surface area contributed by atoms with Crippen LogP contribution in [0.2, 0.25) is 0 Å². The maximum atomic E-state index is 12.7. The SMILES string of the molecule is C[n+]1ccn(CCCCNC(=O)c2ccnc(-c3cc(C(=O)NCCCCn4cc[n+](C)c4)ccn3)c2)c1. The Morgan fingerprint density at radius 2 is 1.18 bits per heavy atom. The molecule has 0 aliphatic rings. The van der Waals surface area contributed by atoms with E-state index in [1.165, 1.54) is 0 Å². The van der Waals surface area contributed by atoms with Crippen LogP contribution in [-0.4, -0.2) is 44.0 Å². The molecule has 4 aromatic rings. The van der Waals surface area contributed by atoms with Gasteiger partial charge in [-0.05, 0) is 49.9 Å². The molecule has 0 atom stereocenters. The van der Waals surface area contributed by atoms with E-state index in [1.807, 2.05) is 60.7 Å². The Morgan fingerprint density at radius 1 is 0.737 bits per heavy atom. The molecule has 0 unspecified atom stereocenters. The van der Waals surface area contributed by atoms with Gasteiger partial charge < -0.3 is 10.6 Å². The number of unbranched alkanes of at least 4 members (excludes halogenated alkanes) is 2. The van der Waals surface area contributed by atoms with Crippen molar-refractivity contribution in [1.82, 2.24) is 29.7 Å². The number of amides is 2. The average Bonchev–Trinajstić information content (AvgIpc) is 3.55. The van der Waals surface area contributed by atoms with Crippen molar-refractivity contribution in [1.29, 1.82) is 0 Å². The summed E-state index contributed by atoms with van der Waals surface area (Å²) in [6, 6.07) is 6.78. The summed E-state index contributed by atoms with van der Waals surface area (Å²) in [7, 11) is 3.99. The number of carbonyl (C=O) groups excluding carboxylic acids is 2. The van der Waals surface area contributed by atoms with Crippen LogP contribution < -0.4 is 19.8 Å². The third-order valence-electron chi connectivity index (χ3n) is 6.21. The highest BCUT2D eigenvalue weighted by molar-refractivity contribution is 5.96. The van der Waals surface area contributed by atoms with Crippen LogP contribution in [0.15, 0.2) is 74.1 Å². The number of carbonyl (C=O) groups is 2. The molecule has 2 amide bonds. The number of rotatable bonds is 13. The average molecular weight is 517 g/mol. The van der Waals surface area contributed by atoms with E-state index < -0.39 is 0 Å². The second-order valence-electron chi connectivity index (χ2n) is 9.42. The monoisotopic (exact) mass is 516 g/mol. The smallest absolute Gasteiger partial charge is 0.251 e. The maximum Gasteiger partial charge on any atom is 0.251 e. The van der Waals surface area contributed by atoms with Crippen LogP contribution in [0.3, 0.4) is 0 Å². The van der Waals surface area contributed by atoms with Gasteiger partial charge in [-0.25, -0.2) is 18.3 Å². The second-order valence-corrected chi connectivity index (χ2v) is 9.42. The molecule has 0 aliphatic carbocycles. The van der Waals surface area contributed by atoms with E-state index in [1.54, 1.807) is 36.7 Å². The van der Waals surface area contributed by atoms with Crippen LogP contribution in [0.25, 0.3) is 11.4 Å². The van der Waals surface area contributed by atoms with Crippen LogP contribution in [0.5, 0.6) is 0 Å². The molecule has 4 heterocycles. The summed E-state index contributed by atoms with van der Waals surface area (Å²) < 4.78 is 8.27. The number of aromatic nitrogens is 6. The molecule has 10 heteroatoms. The van der Waals surface area contributed by atoms with Crippen LogP contribution >= 0.6 is 0 Å². The minimum atomic E-state index is -0.149. The number of imidazole rings is 2. The Morgan fingerprint density at radius 3 is 1.58 bits per heavy atom. The van der Waals surface area contributed by atoms with E-state index in [2.05, 4.69) is 29.7 Å². The van der Waals surface area contributed by atoms with Gasteiger partial charge in [0.05, 0.1) is 38.6 Å². The zero-order chi connectivity index (χ0) is 26.7. The van der Waals surface area contributed by atoms with E-state index in [0.717, 1.165) is 38.8 Å². The minimum absolute atomic E-state index is 0.149. The van der Waals surface area contributed by atoms with Gasteiger partial charge in [-0.1, -0.05) is 0 Å². The molecule has 38 heavy (non-hydrogen) atoms. The third kappa shape index (κ3) is 7.83. The summed E-state index contributed by atoms with van der Waals surface area (Å²) in [4.78, 5) is 34.1. The Hall–Kier alpha value is -4.34. The van der Waals surface area contributed by atoms with Gasteiger partial charge in [0.25, 0.3) is 11.8 Å². The van der Waals surface area contributed by atoms with E-state index >= 15 is 0 Å². The number of nitrogens with one attached hydrogen (secondary N) is 2. The quantitative estimate of drug-likeness (QED) is 0.209. The lowest BCUT2D eigenvalue weighted by atomic mass is 10.1. The van der Waals surface area contributed by atoms with Crippen molar-refractivity contribution in [3.63, 3.8) is 0 Å². The fourth-order valence-corrected chi connectivity index (χ4v) is 4.14. The first-order valence-electron chi connectivity index (χ1n) is 13.0. The van der Waals surface area contributed by atoms with Crippen molar-refractivity contribution in [2.75, 3.05) is 13.1 Å². The molecule has 0 spiro atoms. The van der Waals surface area contributed by atoms with Gasteiger partial charge in [-0.2, -0.15) is 0 Å². The van der Waals surface area contributed by atoms with E-state index in [-0.39, 0.29) is 11.8 Å². The largest absolute Gasteiger partial charge is 0.352 e. The number of hydrogen-bond donors (Lipinski definition) is 2. The first kappa shape index (κ1) is 26.7. The molecule has 0 saturated carbocycles. The molecule has 2 N–H and O–H groups in total. The lowest BCUT2D eigenvalue weighted by molar-refractivity contribution is -0.671. The fraction of sp³-hybridized carbons (Fsp3) is 0.357. The summed E-state index contributed by atoms with van der Waals surface area (Å²) >= 11 is 0. The Kier molecular flexibility index (Phi) is 9.33. The lowest BCUT2D eigenvalue weighted by Crippen LogP contribution is -2.25. The molecule has 0 aromatic carbocycles. The van der Waals surface area contributed by atoms with Crippen molar-refractivity contribution in [3.8, 4) is 11.4 Å². The molecule has 198 valence electrons. The second kappa shape index (κ2) is 13.3. The predicted octanol–water partition coefficient (Wildman–Crippen LogP) is 1.82. The zero-order valence-corrected chi connectivity index (χ0v) is 22.1. The van der Waals surface area contributed by atoms with Crippen molar-refractivity contribution < 1.29 is 18.7 Å². The highest BCUT2D eigenvalue weighted by Gasteiger charge is 2.12. The van der Waals surface area contributed by atoms with E-state index in [9.17, 15) is 9.59 Å². The predicted molar refractivity (Wildman–Crippen MR) is 142 cm³/mol. The lowest BCUT2D eigenvalue weighted by Gasteiger charge is -2.08. The molecule has 0 aliphatic heterocycles. The van der Waals surface area contributed by atoms with Gasteiger partial charge in [-0.3, -0.25) is 19.6 Å². The highest BCUT2D eigenvalue weighted by Crippen LogP contribution is 2.17. The summed E-state index contributed by atoms with van der Waals surface area (Å²) in [5.41, 5.74) is 2.13. The molecule has 4 rings (SSSR count). The van der Waals surface area contributed by atoms with Crippen LogP contribution in [0, 0.1) is 0 Å². The van der Waals surface area contributed by atoms with Gasteiger partial charge in [0.2, 0.25) is 12.7 Å². The number of hydrogen-bond acceptors (Lipinski definition) is 4. The van der Waals surface area contributed by atoms with Gasteiger partial charge in [-0.15, -0.1) is 0 Å². The normalized spacial score (nSPS) is 10.9. The highest BCUT2D eigenvalue weighted by atomic mass is 16.2. The minimum Gasteiger partial charge on any atom is -0.352 e. The first-order valence-corrected chi connectivity index (χ1v) is 13.0. The molecule has 0 saturated heterocycles. The molecule has 0 radical (unpaired) electrons. The first-order chi connectivity index (χ1) is 18.5. The van der Waals surface area contributed by atoms with Gasteiger partial charge in [0, 0.05) is 36.6 Å². The molecular weight excluding hydrogens is 480 g/mol. The zero-order valence-electron chi connectivity index (χ0n) is 22.1. The Balaban J connectivity index is 1.24. The summed E-state index contributed by atoms with van der Waals surface area (Å²) in [6.07, 6.45) is 19.1. The third-order valence-corrected chi connectivity index (χ3v) is 6.21. The standard InChI is InChI=1S/C28H34N8O2/c1-33-15-17-35(21-33)13-5-3-9-31-27(37)23-7-11-29-25(19-23)26-20-24(8-12-30-26)28(38)32-10-4-6-14-36-18-16-34(2)22-36/h7-8,11-12,15-22H,3-6,9-10,13-14H2,1-2H3/p+2. The van der Waals surface area contributed by atoms with Crippen molar-refractivity contribution in [2.45, 2.75) is 38.8 Å². The number of nitrogens with zero attached hydrogens (tertiary/aromatic N) is 6. The number of pyridine rings is 2. The molecule has 10 nitrogen and oxygen atoms in total. The summed E-state index contributed by atoms with van der Waals surface area (Å²) in [5, 5.41) is 5.95. The van der Waals surface area contributed by atoms with Crippen molar-refractivity contribution in [3.05, 3.63) is 85.2 Å². The van der Waals surface area contributed by atoms with E-state index in [0.29, 0.717) is 35.6 Å². The fourth-order valence-electron chi connectivity index (χ4n) is 4.14. The van der Waals surface area contributed by atoms with Gasteiger partial charge in [0.1, 0.15) is 24.8 Å². The van der Waals surface area contributed by atoms with Gasteiger partial charge in [0.15, 0.2) is 0 Å². The summed E-state index contributed by atoms with van der Waals surface area (Å²) in [5.74, 6) is -0.299. The maximum absolute atomic E-state index is 12.7. The van der Waals surface area contributed by atoms with Crippen LogP contribution in [0.4, 0.5) is 0 Å². The van der Waals surface area contributed by atoms with E-state index in [4.69, 9.17) is 0 Å². The molecule has 4 aromatic heterocycles. The Bertz CT molecular complexity index is 1260. The van der Waals surface area contributed by atoms with Gasteiger partial charge >= 0.3 is 0 Å². The van der Waals surface area contributed by atoms with Crippen molar-refractivity contribution >= 4 is 11.8 Å².